The number of sulfonamides is 1. The van der Waals surface area contributed by atoms with E-state index in [1.807, 2.05) is 24.3 Å². The Bertz CT molecular complexity index is 1030. The molecule has 1 atom stereocenters. The molecule has 26 heavy (non-hydrogen) atoms. The lowest BCUT2D eigenvalue weighted by Crippen LogP contribution is -2.41. The number of hydrogen-bond acceptors (Lipinski definition) is 5. The predicted octanol–water partition coefficient (Wildman–Crippen LogP) is 3.91. The summed E-state index contributed by atoms with van der Waals surface area (Å²) in [5, 5.41) is 2.95. The van der Waals surface area contributed by atoms with Crippen LogP contribution >= 0.6 is 34.5 Å². The Balaban J connectivity index is 1.76. The summed E-state index contributed by atoms with van der Waals surface area (Å²) in [5.41, 5.74) is 0.754. The van der Waals surface area contributed by atoms with Crippen LogP contribution in [0.15, 0.2) is 47.4 Å². The van der Waals surface area contributed by atoms with Crippen molar-refractivity contribution in [3.8, 4) is 0 Å². The minimum Gasteiger partial charge on any atom is -0.301 e. The number of nitrogens with zero attached hydrogens (tertiary/aromatic N) is 1. The molecular formula is C16H13Cl2N3O3S2. The summed E-state index contributed by atoms with van der Waals surface area (Å²) in [6.07, 6.45) is 0. The number of para-hydroxylation sites is 1. The van der Waals surface area contributed by atoms with Crippen molar-refractivity contribution in [2.45, 2.75) is 17.9 Å². The van der Waals surface area contributed by atoms with E-state index in [0.717, 1.165) is 10.2 Å². The second-order valence-corrected chi connectivity index (χ2v) is 8.87. The predicted molar refractivity (Wildman–Crippen MR) is 104 cm³/mol. The summed E-state index contributed by atoms with van der Waals surface area (Å²) in [6, 6.07) is 10.7. The average Bonchev–Trinajstić information content (AvgIpc) is 2.96. The molecule has 0 radical (unpaired) electrons. The van der Waals surface area contributed by atoms with Crippen molar-refractivity contribution in [3.05, 3.63) is 52.5 Å². The molecule has 0 saturated heterocycles. The molecule has 3 aromatic rings. The van der Waals surface area contributed by atoms with E-state index < -0.39 is 22.0 Å². The van der Waals surface area contributed by atoms with Gasteiger partial charge in [-0.1, -0.05) is 52.7 Å². The van der Waals surface area contributed by atoms with Crippen molar-refractivity contribution in [3.63, 3.8) is 0 Å². The molecule has 10 heteroatoms. The lowest BCUT2D eigenvalue weighted by atomic mass is 10.3. The summed E-state index contributed by atoms with van der Waals surface area (Å²) in [7, 11) is -4.07. The number of hydrogen-bond donors (Lipinski definition) is 2. The minimum atomic E-state index is -4.07. The second kappa shape index (κ2) is 7.50. The smallest absolute Gasteiger partial charge is 0.244 e. The Kier molecular flexibility index (Phi) is 5.50. The highest BCUT2D eigenvalue weighted by Gasteiger charge is 2.26. The molecule has 0 spiro atoms. The Labute approximate surface area is 164 Å². The van der Waals surface area contributed by atoms with Gasteiger partial charge in [-0.3, -0.25) is 4.79 Å². The third-order valence-corrected chi connectivity index (χ3v) is 6.88. The van der Waals surface area contributed by atoms with Gasteiger partial charge in [-0.15, -0.1) is 0 Å². The Hall–Kier alpha value is -1.71. The van der Waals surface area contributed by atoms with Crippen molar-refractivity contribution >= 4 is 65.8 Å². The van der Waals surface area contributed by atoms with Crippen molar-refractivity contribution in [1.29, 1.82) is 0 Å². The maximum Gasteiger partial charge on any atom is 0.244 e. The number of benzene rings is 2. The van der Waals surface area contributed by atoms with Gasteiger partial charge in [0.2, 0.25) is 15.9 Å². The fourth-order valence-corrected chi connectivity index (χ4v) is 5.44. The highest BCUT2D eigenvalue weighted by Crippen LogP contribution is 2.29. The van der Waals surface area contributed by atoms with Gasteiger partial charge in [-0.05, 0) is 31.2 Å². The lowest BCUT2D eigenvalue weighted by molar-refractivity contribution is -0.117. The van der Waals surface area contributed by atoms with Crippen LogP contribution in [0, 0.1) is 0 Å². The topological polar surface area (TPSA) is 88.2 Å². The third-order valence-electron chi connectivity index (χ3n) is 3.44. The summed E-state index contributed by atoms with van der Waals surface area (Å²) in [6.45, 7) is 1.42. The zero-order valence-electron chi connectivity index (χ0n) is 13.4. The Morgan fingerprint density at radius 1 is 1.12 bits per heavy atom. The van der Waals surface area contributed by atoms with E-state index in [4.69, 9.17) is 23.2 Å². The molecule has 3 rings (SSSR count). The number of nitrogens with one attached hydrogen (secondary N) is 2. The normalized spacial score (nSPS) is 12.9. The van der Waals surface area contributed by atoms with Gasteiger partial charge in [0.15, 0.2) is 5.13 Å². The van der Waals surface area contributed by atoms with Crippen LogP contribution in [0.2, 0.25) is 10.0 Å². The second-order valence-electron chi connectivity index (χ2n) is 5.37. The first-order valence-electron chi connectivity index (χ1n) is 7.41. The number of thiazole rings is 1. The third kappa shape index (κ3) is 3.99. The molecule has 0 aliphatic carbocycles. The van der Waals surface area contributed by atoms with Crippen LogP contribution in [-0.4, -0.2) is 25.4 Å². The van der Waals surface area contributed by atoms with Gasteiger partial charge in [0.1, 0.15) is 4.90 Å². The van der Waals surface area contributed by atoms with Crippen LogP contribution in [0.5, 0.6) is 0 Å². The largest absolute Gasteiger partial charge is 0.301 e. The zero-order valence-corrected chi connectivity index (χ0v) is 16.5. The van der Waals surface area contributed by atoms with Crippen molar-refractivity contribution in [2.24, 2.45) is 0 Å². The molecule has 136 valence electrons. The van der Waals surface area contributed by atoms with Crippen LogP contribution in [0.1, 0.15) is 6.92 Å². The molecule has 0 bridgehead atoms. The van der Waals surface area contributed by atoms with Gasteiger partial charge >= 0.3 is 0 Å². The molecule has 0 aliphatic heterocycles. The van der Waals surface area contributed by atoms with Crippen LogP contribution in [0.3, 0.4) is 0 Å². The molecule has 1 amide bonds. The molecule has 2 N–H and O–H groups in total. The number of carbonyl (C=O) groups excluding carboxylic acids is 1. The number of halogens is 2. The standard InChI is InChI=1S/C16H13Cl2N3O3S2/c1-9(21-26(23,24)14-10(17)5-4-6-11(14)18)15(22)20-16-19-12-7-2-3-8-13(12)25-16/h2-9,21H,1H3,(H,19,20,22)/t9-/m1/s1. The number of fused-ring (bicyclic) bond motifs is 1. The van der Waals surface area contributed by atoms with E-state index in [2.05, 4.69) is 15.0 Å². The van der Waals surface area contributed by atoms with E-state index in [1.54, 1.807) is 0 Å². The van der Waals surface area contributed by atoms with Gasteiger partial charge in [-0.2, -0.15) is 4.72 Å². The lowest BCUT2D eigenvalue weighted by Gasteiger charge is -2.15. The SMILES string of the molecule is C[C@@H](NS(=O)(=O)c1c(Cl)cccc1Cl)C(=O)Nc1nc2ccccc2s1. The first-order chi connectivity index (χ1) is 12.3. The van der Waals surface area contributed by atoms with E-state index in [9.17, 15) is 13.2 Å². The number of anilines is 1. The van der Waals surface area contributed by atoms with Crippen molar-refractivity contribution in [2.75, 3.05) is 5.32 Å². The molecule has 1 aromatic heterocycles. The van der Waals surface area contributed by atoms with Crippen molar-refractivity contribution in [1.82, 2.24) is 9.71 Å². The maximum atomic E-state index is 12.5. The molecule has 1 heterocycles. The minimum absolute atomic E-state index is 0.0243. The quantitative estimate of drug-likeness (QED) is 0.643. The molecule has 0 aliphatic rings. The molecule has 2 aromatic carbocycles. The average molecular weight is 430 g/mol. The van der Waals surface area contributed by atoms with Gasteiger partial charge in [0, 0.05) is 0 Å². The highest BCUT2D eigenvalue weighted by molar-refractivity contribution is 7.89. The first-order valence-corrected chi connectivity index (χ1v) is 10.5. The summed E-state index contributed by atoms with van der Waals surface area (Å²) in [4.78, 5) is 16.4. The summed E-state index contributed by atoms with van der Waals surface area (Å²) < 4.78 is 28.2. The molecule has 0 fully saturated rings. The van der Waals surface area contributed by atoms with Gasteiger partial charge in [0.05, 0.1) is 26.3 Å². The fourth-order valence-electron chi connectivity index (χ4n) is 2.22. The van der Waals surface area contributed by atoms with Crippen LogP contribution in [0.25, 0.3) is 10.2 Å². The van der Waals surface area contributed by atoms with Crippen molar-refractivity contribution < 1.29 is 13.2 Å². The zero-order chi connectivity index (χ0) is 18.9. The number of amides is 1. The number of rotatable bonds is 5. The Morgan fingerprint density at radius 2 is 1.77 bits per heavy atom. The highest BCUT2D eigenvalue weighted by atomic mass is 35.5. The number of carbonyl (C=O) groups is 1. The molecule has 6 nitrogen and oxygen atoms in total. The van der Waals surface area contributed by atoms with E-state index >= 15 is 0 Å². The number of aromatic nitrogens is 1. The molecule has 0 unspecified atom stereocenters. The van der Waals surface area contributed by atoms with Gasteiger partial charge in [-0.25, -0.2) is 13.4 Å². The van der Waals surface area contributed by atoms with Crippen LogP contribution in [-0.2, 0) is 14.8 Å². The molecule has 0 saturated carbocycles. The summed E-state index contributed by atoms with van der Waals surface area (Å²) >= 11 is 13.2. The monoisotopic (exact) mass is 429 g/mol. The maximum absolute atomic E-state index is 12.5. The van der Waals surface area contributed by atoms with Gasteiger partial charge < -0.3 is 5.32 Å². The van der Waals surface area contributed by atoms with Crippen LogP contribution < -0.4 is 10.0 Å². The van der Waals surface area contributed by atoms with Crippen LogP contribution in [0.4, 0.5) is 5.13 Å². The van der Waals surface area contributed by atoms with E-state index in [-0.39, 0.29) is 14.9 Å². The molecular weight excluding hydrogens is 417 g/mol. The Morgan fingerprint density at radius 3 is 2.42 bits per heavy atom. The van der Waals surface area contributed by atoms with Gasteiger partial charge in [0.25, 0.3) is 0 Å². The summed E-state index contributed by atoms with van der Waals surface area (Å²) in [5.74, 6) is -0.546. The van der Waals surface area contributed by atoms with E-state index in [1.165, 1.54) is 36.5 Å². The first kappa shape index (κ1) is 19.1. The fraction of sp³-hybridized carbons (Fsp3) is 0.125. The van der Waals surface area contributed by atoms with E-state index in [0.29, 0.717) is 5.13 Å².